The number of aromatic nitrogens is 4. The largest absolute Gasteiger partial charge is 0.488 e. The van der Waals surface area contributed by atoms with Gasteiger partial charge in [-0.2, -0.15) is 0 Å². The highest BCUT2D eigenvalue weighted by molar-refractivity contribution is 5.77. The fourth-order valence-electron chi connectivity index (χ4n) is 2.00. The molecule has 0 saturated carbocycles. The van der Waals surface area contributed by atoms with Crippen LogP contribution in [0.25, 0.3) is 16.9 Å². The van der Waals surface area contributed by atoms with Gasteiger partial charge in [0.05, 0.1) is 20.4 Å². The number of methoxy groups -OCH3 is 2. The zero-order chi connectivity index (χ0) is 15.7. The molecule has 0 bridgehead atoms. The van der Waals surface area contributed by atoms with Crippen LogP contribution in [0.2, 0.25) is 0 Å². The molecule has 0 unspecified atom stereocenters. The average molecular weight is 301 g/mol. The summed E-state index contributed by atoms with van der Waals surface area (Å²) in [5, 5.41) is 0.748. The Bertz CT molecular complexity index is 885. The SMILES string of the molecule is COc1nc(OC)nc(-[n+]2cc3cccc(C)c3oc2=O)n1. The molecular formula is C14H13N4O4+. The fourth-order valence-corrected chi connectivity index (χ4v) is 2.00. The smallest absolute Gasteiger partial charge is 0.454 e. The van der Waals surface area contributed by atoms with Crippen LogP contribution in [0.3, 0.4) is 0 Å². The Hall–Kier alpha value is -3.03. The molecule has 0 aliphatic rings. The second-order valence-electron chi connectivity index (χ2n) is 4.47. The summed E-state index contributed by atoms with van der Waals surface area (Å²) in [5.41, 5.74) is 1.39. The van der Waals surface area contributed by atoms with Crippen molar-refractivity contribution in [1.82, 2.24) is 15.0 Å². The molecule has 112 valence electrons. The van der Waals surface area contributed by atoms with Gasteiger partial charge in [0.15, 0.2) is 0 Å². The Morgan fingerprint density at radius 2 is 1.77 bits per heavy atom. The first-order valence-corrected chi connectivity index (χ1v) is 6.42. The van der Waals surface area contributed by atoms with Crippen LogP contribution in [0.15, 0.2) is 33.6 Å². The maximum absolute atomic E-state index is 12.2. The highest BCUT2D eigenvalue weighted by Crippen LogP contribution is 2.15. The molecule has 22 heavy (non-hydrogen) atoms. The summed E-state index contributed by atoms with van der Waals surface area (Å²) in [6.45, 7) is 1.87. The minimum Gasteiger partial charge on any atom is -0.454 e. The van der Waals surface area contributed by atoms with E-state index in [9.17, 15) is 4.79 Å². The van der Waals surface area contributed by atoms with Gasteiger partial charge in [-0.25, -0.2) is 4.79 Å². The van der Waals surface area contributed by atoms with Crippen molar-refractivity contribution in [3.63, 3.8) is 0 Å². The van der Waals surface area contributed by atoms with Crippen molar-refractivity contribution in [2.24, 2.45) is 0 Å². The molecule has 2 aromatic heterocycles. The van der Waals surface area contributed by atoms with Crippen LogP contribution in [-0.2, 0) is 0 Å². The van der Waals surface area contributed by atoms with Crippen LogP contribution in [0.1, 0.15) is 5.56 Å². The highest BCUT2D eigenvalue weighted by atomic mass is 16.5. The first-order chi connectivity index (χ1) is 10.6. The lowest BCUT2D eigenvalue weighted by Crippen LogP contribution is -2.48. The van der Waals surface area contributed by atoms with Crippen LogP contribution in [0.4, 0.5) is 0 Å². The van der Waals surface area contributed by atoms with Gasteiger partial charge >= 0.3 is 23.7 Å². The van der Waals surface area contributed by atoms with Crippen molar-refractivity contribution in [2.45, 2.75) is 6.92 Å². The van der Waals surface area contributed by atoms with Crippen LogP contribution in [0.5, 0.6) is 12.0 Å². The van der Waals surface area contributed by atoms with E-state index in [0.29, 0.717) is 5.58 Å². The third kappa shape index (κ3) is 2.34. The minimum absolute atomic E-state index is 0.0399. The van der Waals surface area contributed by atoms with E-state index < -0.39 is 5.76 Å². The Morgan fingerprint density at radius 3 is 2.41 bits per heavy atom. The third-order valence-corrected chi connectivity index (χ3v) is 3.06. The van der Waals surface area contributed by atoms with Crippen molar-refractivity contribution >= 4 is 11.0 Å². The van der Waals surface area contributed by atoms with Gasteiger partial charge in [-0.1, -0.05) is 12.1 Å². The number of nitrogens with zero attached hydrogens (tertiary/aromatic N) is 4. The van der Waals surface area contributed by atoms with Gasteiger partial charge in [0.25, 0.3) is 0 Å². The van der Waals surface area contributed by atoms with Gasteiger partial charge in [0.2, 0.25) is 0 Å². The second-order valence-corrected chi connectivity index (χ2v) is 4.47. The number of hydrogen-bond donors (Lipinski definition) is 0. The van der Waals surface area contributed by atoms with E-state index >= 15 is 0 Å². The molecular weight excluding hydrogens is 288 g/mol. The molecule has 8 heteroatoms. The Kier molecular flexibility index (Phi) is 3.42. The van der Waals surface area contributed by atoms with Crippen molar-refractivity contribution < 1.29 is 18.5 Å². The van der Waals surface area contributed by atoms with Crippen LogP contribution >= 0.6 is 0 Å². The summed E-state index contributed by atoms with van der Waals surface area (Å²) in [7, 11) is 2.82. The predicted octanol–water partition coefficient (Wildman–Crippen LogP) is 0.580. The molecule has 0 radical (unpaired) electrons. The lowest BCUT2D eigenvalue weighted by molar-refractivity contribution is -0.630. The zero-order valence-corrected chi connectivity index (χ0v) is 12.2. The molecule has 0 aliphatic heterocycles. The first kappa shape index (κ1) is 13.9. The molecule has 0 saturated heterocycles. The van der Waals surface area contributed by atoms with Crippen LogP contribution in [-0.4, -0.2) is 29.2 Å². The summed E-state index contributed by atoms with van der Waals surface area (Å²) in [4.78, 5) is 24.2. The number of aryl methyl sites for hydroxylation is 1. The molecule has 2 heterocycles. The maximum atomic E-state index is 12.2. The third-order valence-electron chi connectivity index (χ3n) is 3.06. The van der Waals surface area contributed by atoms with Crippen molar-refractivity contribution in [3.05, 3.63) is 40.5 Å². The van der Waals surface area contributed by atoms with E-state index in [4.69, 9.17) is 13.9 Å². The summed E-state index contributed by atoms with van der Waals surface area (Å²) in [5.74, 6) is -0.557. The Balaban J connectivity index is 2.26. The molecule has 3 rings (SSSR count). The van der Waals surface area contributed by atoms with Gasteiger partial charge in [-0.05, 0) is 28.5 Å². The van der Waals surface area contributed by atoms with Crippen LogP contribution < -0.4 is 19.8 Å². The summed E-state index contributed by atoms with van der Waals surface area (Å²) >= 11 is 0. The zero-order valence-electron chi connectivity index (χ0n) is 12.2. The van der Waals surface area contributed by atoms with E-state index in [0.717, 1.165) is 10.9 Å². The number of ether oxygens (including phenoxy) is 2. The standard InChI is InChI=1S/C14H13N4O4/c1-8-5-4-6-9-7-18(14(19)22-10(8)9)11-15-12(20-2)17-13(16-11)21-3/h4-7H,1-3H3/q+1. The van der Waals surface area contributed by atoms with E-state index in [-0.39, 0.29) is 18.0 Å². The van der Waals surface area contributed by atoms with Gasteiger partial charge in [-0.15, -0.1) is 9.55 Å². The lowest BCUT2D eigenvalue weighted by Gasteiger charge is -2.01. The Labute approximate surface area is 125 Å². The van der Waals surface area contributed by atoms with Gasteiger partial charge < -0.3 is 13.9 Å². The Morgan fingerprint density at radius 1 is 1.09 bits per heavy atom. The normalized spacial score (nSPS) is 10.7. The van der Waals surface area contributed by atoms with E-state index in [1.165, 1.54) is 18.8 Å². The maximum Gasteiger partial charge on any atom is 0.488 e. The quantitative estimate of drug-likeness (QED) is 0.653. The number of hydrogen-bond acceptors (Lipinski definition) is 7. The summed E-state index contributed by atoms with van der Waals surface area (Å²) in [6, 6.07) is 5.65. The van der Waals surface area contributed by atoms with Crippen molar-refractivity contribution in [2.75, 3.05) is 14.2 Å². The predicted molar refractivity (Wildman–Crippen MR) is 75.2 cm³/mol. The number of fused-ring (bicyclic) bond motifs is 1. The fraction of sp³-hybridized carbons (Fsp3) is 0.214. The second kappa shape index (κ2) is 5.40. The molecule has 0 N–H and O–H groups in total. The number of benzene rings is 1. The van der Waals surface area contributed by atoms with E-state index in [1.807, 2.05) is 25.1 Å². The van der Waals surface area contributed by atoms with Gasteiger partial charge in [0, 0.05) is 5.39 Å². The van der Waals surface area contributed by atoms with Gasteiger partial charge in [0.1, 0.15) is 5.58 Å². The molecule has 0 atom stereocenters. The van der Waals surface area contributed by atoms with Crippen molar-refractivity contribution in [3.8, 4) is 18.0 Å². The summed E-state index contributed by atoms with van der Waals surface area (Å²) < 4.78 is 16.5. The molecule has 0 fully saturated rings. The first-order valence-electron chi connectivity index (χ1n) is 6.42. The van der Waals surface area contributed by atoms with Crippen LogP contribution in [0, 0.1) is 6.92 Å². The highest BCUT2D eigenvalue weighted by Gasteiger charge is 2.22. The molecule has 0 aliphatic carbocycles. The average Bonchev–Trinajstić information content (AvgIpc) is 2.54. The van der Waals surface area contributed by atoms with E-state index in [2.05, 4.69) is 15.0 Å². The molecule has 3 aromatic rings. The lowest BCUT2D eigenvalue weighted by atomic mass is 10.2. The van der Waals surface area contributed by atoms with Crippen molar-refractivity contribution in [1.29, 1.82) is 0 Å². The molecule has 0 spiro atoms. The summed E-state index contributed by atoms with van der Waals surface area (Å²) in [6.07, 6.45) is 1.60. The minimum atomic E-state index is -0.614. The monoisotopic (exact) mass is 301 g/mol. The number of para-hydroxylation sites is 1. The topological polar surface area (TPSA) is 91.2 Å². The molecule has 1 aromatic carbocycles. The molecule has 8 nitrogen and oxygen atoms in total. The number of rotatable bonds is 3. The van der Waals surface area contributed by atoms with E-state index in [1.54, 1.807) is 6.20 Å². The molecule has 0 amide bonds. The van der Waals surface area contributed by atoms with Gasteiger partial charge in [-0.3, -0.25) is 0 Å².